The van der Waals surface area contributed by atoms with Crippen molar-refractivity contribution in [2.24, 2.45) is 5.92 Å². The Morgan fingerprint density at radius 2 is 1.95 bits per heavy atom. The first-order chi connectivity index (χ1) is 19.8. The van der Waals surface area contributed by atoms with Crippen molar-refractivity contribution in [2.75, 3.05) is 26.8 Å². The highest BCUT2D eigenvalue weighted by molar-refractivity contribution is 5.96. The Morgan fingerprint density at radius 3 is 2.63 bits per heavy atom. The minimum Gasteiger partial charge on any atom is -0.493 e. The highest BCUT2D eigenvalue weighted by atomic mass is 16.5. The Labute approximate surface area is 238 Å². The molecule has 1 aliphatic carbocycles. The number of carbonyl (C=O) groups is 2. The number of carbonyl (C=O) groups excluding carboxylic acids is 2. The molecule has 0 bridgehead atoms. The summed E-state index contributed by atoms with van der Waals surface area (Å²) in [4.78, 5) is 32.1. The molecule has 5 N–H and O–H groups in total. The molecule has 0 saturated carbocycles. The number of aliphatic hydroxyl groups is 3. The van der Waals surface area contributed by atoms with E-state index in [0.717, 1.165) is 16.6 Å². The Kier molecular flexibility index (Phi) is 8.35. The molecule has 2 aliphatic rings. The molecule has 1 aliphatic heterocycles. The summed E-state index contributed by atoms with van der Waals surface area (Å²) < 4.78 is 11.8. The smallest absolute Gasteiger partial charge is 0.247 e. The van der Waals surface area contributed by atoms with E-state index >= 15 is 0 Å². The second-order valence-corrected chi connectivity index (χ2v) is 10.8. The lowest BCUT2D eigenvalue weighted by Gasteiger charge is -2.41. The van der Waals surface area contributed by atoms with Gasteiger partial charge in [-0.25, -0.2) is 0 Å². The number of amides is 2. The highest BCUT2D eigenvalue weighted by Gasteiger charge is 2.51. The number of ether oxygens (including phenoxy) is 2. The second-order valence-electron chi connectivity index (χ2n) is 10.8. The van der Waals surface area contributed by atoms with Gasteiger partial charge in [-0.15, -0.1) is 0 Å². The fraction of sp³-hybridized carbons (Fsp3) is 0.419. The summed E-state index contributed by atoms with van der Waals surface area (Å²) in [5, 5.41) is 34.7. The van der Waals surface area contributed by atoms with Crippen molar-refractivity contribution < 1.29 is 34.4 Å². The van der Waals surface area contributed by atoms with Gasteiger partial charge in [0.05, 0.1) is 32.3 Å². The minimum atomic E-state index is -1.16. The van der Waals surface area contributed by atoms with E-state index in [0.29, 0.717) is 41.2 Å². The van der Waals surface area contributed by atoms with Crippen LogP contribution in [0.4, 0.5) is 0 Å². The molecule has 0 fully saturated rings. The third-order valence-corrected chi connectivity index (χ3v) is 7.84. The zero-order valence-corrected chi connectivity index (χ0v) is 23.5. The molecule has 2 amide bonds. The molecule has 10 nitrogen and oxygen atoms in total. The largest absolute Gasteiger partial charge is 0.493 e. The number of hydrogen-bond acceptors (Lipinski definition) is 7. The lowest BCUT2D eigenvalue weighted by atomic mass is 9.77. The van der Waals surface area contributed by atoms with Gasteiger partial charge in [0.25, 0.3) is 0 Å². The molecule has 41 heavy (non-hydrogen) atoms. The normalized spacial score (nSPS) is 21.2. The van der Waals surface area contributed by atoms with Crippen LogP contribution in [0.2, 0.25) is 0 Å². The van der Waals surface area contributed by atoms with Gasteiger partial charge in [0.2, 0.25) is 11.8 Å². The van der Waals surface area contributed by atoms with Crippen LogP contribution in [-0.2, 0) is 22.6 Å². The van der Waals surface area contributed by atoms with Crippen molar-refractivity contribution in [3.8, 4) is 11.5 Å². The average molecular weight is 564 g/mol. The van der Waals surface area contributed by atoms with Crippen LogP contribution < -0.4 is 14.8 Å². The molecule has 0 spiro atoms. The van der Waals surface area contributed by atoms with Gasteiger partial charge < -0.3 is 40.0 Å². The van der Waals surface area contributed by atoms with Crippen LogP contribution in [0.25, 0.3) is 10.9 Å². The van der Waals surface area contributed by atoms with Crippen molar-refractivity contribution in [1.29, 1.82) is 0 Å². The summed E-state index contributed by atoms with van der Waals surface area (Å²) in [7, 11) is 1.49. The zero-order chi connectivity index (χ0) is 29.3. The fourth-order valence-corrected chi connectivity index (χ4v) is 5.87. The first kappa shape index (κ1) is 28.7. The predicted molar refractivity (Wildman–Crippen MR) is 153 cm³/mol. The highest BCUT2D eigenvalue weighted by Crippen LogP contribution is 2.51. The Balaban J connectivity index is 1.54. The van der Waals surface area contributed by atoms with Crippen LogP contribution in [-0.4, -0.2) is 82.1 Å². The van der Waals surface area contributed by atoms with Gasteiger partial charge in [-0.05, 0) is 41.3 Å². The van der Waals surface area contributed by atoms with E-state index in [1.807, 2.05) is 30.3 Å². The van der Waals surface area contributed by atoms with Gasteiger partial charge in [0.15, 0.2) is 11.5 Å². The number of aromatic nitrogens is 1. The zero-order valence-electron chi connectivity index (χ0n) is 23.5. The number of para-hydroxylation sites is 1. The number of nitrogens with zero attached hydrogens (tertiary/aromatic N) is 1. The average Bonchev–Trinajstić information content (AvgIpc) is 3.58. The first-order valence-corrected chi connectivity index (χ1v) is 13.9. The fourth-order valence-electron chi connectivity index (χ4n) is 5.87. The van der Waals surface area contributed by atoms with Gasteiger partial charge in [-0.3, -0.25) is 9.59 Å². The maximum absolute atomic E-state index is 13.6. The third-order valence-electron chi connectivity index (χ3n) is 7.84. The molecule has 0 saturated heterocycles. The quantitative estimate of drug-likeness (QED) is 0.254. The summed E-state index contributed by atoms with van der Waals surface area (Å²) in [5.74, 6) is -0.834. The summed E-state index contributed by atoms with van der Waals surface area (Å²) in [6.45, 7) is 3.47. The SMILES string of the molecule is COc1cc(CO)cc2c1OC1C2C(C(=O)NCCO)=CC(N(CCc2cc3ccccc3[nH]2)C(=O)C(C)C)C1O. The molecular weight excluding hydrogens is 526 g/mol. The number of benzene rings is 2. The van der Waals surface area contributed by atoms with Gasteiger partial charge in [0.1, 0.15) is 12.2 Å². The van der Waals surface area contributed by atoms with E-state index in [2.05, 4.69) is 10.3 Å². The van der Waals surface area contributed by atoms with Crippen LogP contribution in [0.15, 0.2) is 54.1 Å². The van der Waals surface area contributed by atoms with E-state index in [1.54, 1.807) is 37.0 Å². The summed E-state index contributed by atoms with van der Waals surface area (Å²) >= 11 is 0. The Morgan fingerprint density at radius 1 is 1.17 bits per heavy atom. The van der Waals surface area contributed by atoms with E-state index in [4.69, 9.17) is 9.47 Å². The molecule has 4 atom stereocenters. The third kappa shape index (κ3) is 5.42. The van der Waals surface area contributed by atoms with Crippen molar-refractivity contribution in [3.05, 3.63) is 70.9 Å². The van der Waals surface area contributed by atoms with Crippen LogP contribution >= 0.6 is 0 Å². The molecule has 4 unspecified atom stereocenters. The van der Waals surface area contributed by atoms with E-state index < -0.39 is 30.1 Å². The number of methoxy groups -OCH3 is 1. The molecular formula is C31H37N3O7. The number of aromatic amines is 1. The maximum atomic E-state index is 13.6. The van der Waals surface area contributed by atoms with Crippen LogP contribution in [0.1, 0.15) is 36.6 Å². The number of fused-ring (bicyclic) bond motifs is 4. The number of rotatable bonds is 10. The molecule has 5 rings (SSSR count). The van der Waals surface area contributed by atoms with E-state index in [9.17, 15) is 24.9 Å². The molecule has 2 heterocycles. The van der Waals surface area contributed by atoms with Crippen LogP contribution in [0.5, 0.6) is 11.5 Å². The number of H-pyrrole nitrogens is 1. The van der Waals surface area contributed by atoms with Crippen LogP contribution in [0.3, 0.4) is 0 Å². The van der Waals surface area contributed by atoms with Gasteiger partial charge in [-0.2, -0.15) is 0 Å². The molecule has 10 heteroatoms. The molecule has 218 valence electrons. The predicted octanol–water partition coefficient (Wildman–Crippen LogP) is 2.02. The summed E-state index contributed by atoms with van der Waals surface area (Å²) in [6.07, 6.45) is 0.127. The first-order valence-electron chi connectivity index (χ1n) is 13.9. The molecule has 3 aromatic rings. The van der Waals surface area contributed by atoms with Crippen LogP contribution in [0, 0.1) is 5.92 Å². The van der Waals surface area contributed by atoms with E-state index in [1.165, 1.54) is 7.11 Å². The number of hydrogen-bond donors (Lipinski definition) is 5. The molecule has 1 aromatic heterocycles. The maximum Gasteiger partial charge on any atom is 0.247 e. The topological polar surface area (TPSA) is 144 Å². The summed E-state index contributed by atoms with van der Waals surface area (Å²) in [5.41, 5.74) is 3.46. The lowest BCUT2D eigenvalue weighted by molar-refractivity contribution is -0.140. The van der Waals surface area contributed by atoms with Gasteiger partial charge in [0, 0.05) is 47.8 Å². The van der Waals surface area contributed by atoms with Gasteiger partial charge >= 0.3 is 0 Å². The lowest BCUT2D eigenvalue weighted by Crippen LogP contribution is -2.56. The standard InChI is InChI=1S/C31H37N3O7/c1-17(2)31(39)34(10-8-20-14-19-6-4-5-7-23(19)33-20)24-15-22(30(38)32-9-11-35)26-21-12-18(16-36)13-25(40-3)28(21)41-29(26)27(24)37/h4-7,12-15,17,24,26-27,29,33,35-37H,8-11,16H2,1-3H3,(H,32,38). The van der Waals surface area contributed by atoms with Gasteiger partial charge in [-0.1, -0.05) is 32.0 Å². The van der Waals surface area contributed by atoms with Crippen molar-refractivity contribution in [1.82, 2.24) is 15.2 Å². The number of nitrogens with one attached hydrogen (secondary N) is 2. The number of aliphatic hydroxyl groups excluding tert-OH is 3. The molecule has 0 radical (unpaired) electrons. The monoisotopic (exact) mass is 563 g/mol. The Bertz CT molecular complexity index is 1430. The van der Waals surface area contributed by atoms with Crippen molar-refractivity contribution in [2.45, 2.75) is 51.0 Å². The van der Waals surface area contributed by atoms with Crippen molar-refractivity contribution >= 4 is 22.7 Å². The minimum absolute atomic E-state index is 0.0452. The Hall–Kier alpha value is -3.86. The molecule has 2 aromatic carbocycles. The summed E-state index contributed by atoms with van der Waals surface area (Å²) in [6, 6.07) is 12.5. The second kappa shape index (κ2) is 11.9. The van der Waals surface area contributed by atoms with Crippen molar-refractivity contribution in [3.63, 3.8) is 0 Å². The van der Waals surface area contributed by atoms with E-state index in [-0.39, 0.29) is 31.6 Å².